The van der Waals surface area contributed by atoms with Gasteiger partial charge in [0.2, 0.25) is 5.82 Å². The highest BCUT2D eigenvalue weighted by molar-refractivity contribution is 9.10. The summed E-state index contributed by atoms with van der Waals surface area (Å²) in [5.74, 6) is 0.853. The minimum Gasteiger partial charge on any atom is -0.446 e. The molecule has 0 amide bonds. The smallest absolute Gasteiger partial charge is 0.200 e. The summed E-state index contributed by atoms with van der Waals surface area (Å²) >= 11 is 4.60. The predicted molar refractivity (Wildman–Crippen MR) is 112 cm³/mol. The van der Waals surface area contributed by atoms with Gasteiger partial charge in [-0.15, -0.1) is 10.2 Å². The normalized spacial score (nSPS) is 11.0. The molecule has 2 heterocycles. The summed E-state index contributed by atoms with van der Waals surface area (Å²) in [6, 6.07) is 19.1. The Morgan fingerprint density at radius 1 is 1.03 bits per heavy atom. The van der Waals surface area contributed by atoms with E-state index in [1.165, 1.54) is 36.0 Å². The molecule has 0 bridgehead atoms. The van der Waals surface area contributed by atoms with E-state index in [1.54, 1.807) is 6.07 Å². The van der Waals surface area contributed by atoms with Crippen LogP contribution in [0.3, 0.4) is 0 Å². The molecule has 4 aromatic rings. The van der Waals surface area contributed by atoms with Gasteiger partial charge in [-0.2, -0.15) is 0 Å². The molecule has 2 aromatic carbocycles. The summed E-state index contributed by atoms with van der Waals surface area (Å²) < 4.78 is 21.2. The zero-order valence-electron chi connectivity index (χ0n) is 15.1. The number of Topliss-reactive ketones (excluding diaryl/α,β-unsaturated/α-hetero) is 1. The van der Waals surface area contributed by atoms with E-state index in [9.17, 15) is 9.18 Å². The summed E-state index contributed by atoms with van der Waals surface area (Å²) in [5, 5.41) is 9.14. The summed E-state index contributed by atoms with van der Waals surface area (Å²) in [4.78, 5) is 12.5. The molecule has 2 aromatic heterocycles. The SMILES string of the molecule is O=C(CSc1nnc(-c2ccc(Br)o2)n1Cc1ccccc1)c1ccc(F)cc1. The molecule has 0 aliphatic heterocycles. The van der Waals surface area contributed by atoms with Crippen LogP contribution in [0.1, 0.15) is 15.9 Å². The van der Waals surface area contributed by atoms with Crippen LogP contribution in [0.4, 0.5) is 4.39 Å². The average molecular weight is 472 g/mol. The molecule has 0 atom stereocenters. The zero-order chi connectivity index (χ0) is 20.2. The number of nitrogens with zero attached hydrogens (tertiary/aromatic N) is 3. The van der Waals surface area contributed by atoms with Crippen LogP contribution in [-0.2, 0) is 6.54 Å². The Bertz CT molecular complexity index is 1130. The van der Waals surface area contributed by atoms with Crippen LogP contribution in [0, 0.1) is 5.82 Å². The molecular formula is C21H15BrFN3O2S. The van der Waals surface area contributed by atoms with Crippen molar-refractivity contribution in [1.29, 1.82) is 0 Å². The van der Waals surface area contributed by atoms with Crippen LogP contribution >= 0.6 is 27.7 Å². The molecule has 0 aliphatic carbocycles. The van der Waals surface area contributed by atoms with E-state index in [4.69, 9.17) is 4.42 Å². The van der Waals surface area contributed by atoms with Crippen molar-refractivity contribution < 1.29 is 13.6 Å². The molecule has 0 radical (unpaired) electrons. The minimum absolute atomic E-state index is 0.105. The molecule has 8 heteroatoms. The van der Waals surface area contributed by atoms with Crippen molar-refractivity contribution in [2.75, 3.05) is 5.75 Å². The summed E-state index contributed by atoms with van der Waals surface area (Å²) in [6.07, 6.45) is 0. The fraction of sp³-hybridized carbons (Fsp3) is 0.0952. The third-order valence-corrected chi connectivity index (χ3v) is 5.59. The Kier molecular flexibility index (Phi) is 5.92. The van der Waals surface area contributed by atoms with E-state index in [0.717, 1.165) is 5.56 Å². The number of benzene rings is 2. The molecule has 4 rings (SSSR count). The third-order valence-electron chi connectivity index (χ3n) is 4.19. The van der Waals surface area contributed by atoms with Crippen LogP contribution in [-0.4, -0.2) is 26.3 Å². The second-order valence-electron chi connectivity index (χ2n) is 6.20. The number of carbonyl (C=O) groups excluding carboxylic acids is 1. The van der Waals surface area contributed by atoms with Crippen molar-refractivity contribution >= 4 is 33.5 Å². The first-order valence-corrected chi connectivity index (χ1v) is 10.5. The molecule has 29 heavy (non-hydrogen) atoms. The number of hydrogen-bond donors (Lipinski definition) is 0. The Morgan fingerprint density at radius 2 is 1.79 bits per heavy atom. The molecule has 0 N–H and O–H groups in total. The second-order valence-corrected chi connectivity index (χ2v) is 7.92. The van der Waals surface area contributed by atoms with Crippen LogP contribution in [0.25, 0.3) is 11.6 Å². The third kappa shape index (κ3) is 4.65. The average Bonchev–Trinajstić information content (AvgIpc) is 3.33. The largest absolute Gasteiger partial charge is 0.446 e. The van der Waals surface area contributed by atoms with Gasteiger partial charge in [-0.25, -0.2) is 4.39 Å². The van der Waals surface area contributed by atoms with Crippen LogP contribution in [0.2, 0.25) is 0 Å². The topological polar surface area (TPSA) is 60.9 Å². The van der Waals surface area contributed by atoms with Crippen molar-refractivity contribution in [2.24, 2.45) is 0 Å². The maximum absolute atomic E-state index is 13.1. The molecule has 146 valence electrons. The lowest BCUT2D eigenvalue weighted by atomic mass is 10.1. The molecular weight excluding hydrogens is 457 g/mol. The Labute approximate surface area is 179 Å². The number of halogens is 2. The fourth-order valence-corrected chi connectivity index (χ4v) is 3.91. The molecule has 0 unspecified atom stereocenters. The lowest BCUT2D eigenvalue weighted by Gasteiger charge is -2.09. The van der Waals surface area contributed by atoms with Crippen molar-refractivity contribution in [3.63, 3.8) is 0 Å². The first-order valence-electron chi connectivity index (χ1n) is 8.74. The number of rotatable bonds is 7. The lowest BCUT2D eigenvalue weighted by Crippen LogP contribution is -2.07. The molecule has 0 aliphatic rings. The first-order chi connectivity index (χ1) is 14.1. The summed E-state index contributed by atoms with van der Waals surface area (Å²) in [6.45, 7) is 0.536. The highest BCUT2D eigenvalue weighted by Gasteiger charge is 2.19. The molecule has 5 nitrogen and oxygen atoms in total. The number of carbonyl (C=O) groups is 1. The maximum atomic E-state index is 13.1. The van der Waals surface area contributed by atoms with Crippen molar-refractivity contribution in [2.45, 2.75) is 11.7 Å². The predicted octanol–water partition coefficient (Wildman–Crippen LogP) is 5.46. The van der Waals surface area contributed by atoms with E-state index >= 15 is 0 Å². The van der Waals surface area contributed by atoms with E-state index in [1.807, 2.05) is 41.0 Å². The van der Waals surface area contributed by atoms with E-state index in [2.05, 4.69) is 26.1 Å². The molecule has 0 saturated carbocycles. The lowest BCUT2D eigenvalue weighted by molar-refractivity contribution is 0.102. The highest BCUT2D eigenvalue weighted by Crippen LogP contribution is 2.28. The van der Waals surface area contributed by atoms with Gasteiger partial charge < -0.3 is 4.42 Å². The number of aromatic nitrogens is 3. The van der Waals surface area contributed by atoms with Crippen LogP contribution in [0.5, 0.6) is 0 Å². The van der Waals surface area contributed by atoms with Crippen molar-refractivity contribution in [3.8, 4) is 11.6 Å². The first kappa shape index (κ1) is 19.6. The van der Waals surface area contributed by atoms with Gasteiger partial charge in [0.05, 0.1) is 12.3 Å². The summed E-state index contributed by atoms with van der Waals surface area (Å²) in [7, 11) is 0. The van der Waals surface area contributed by atoms with Gasteiger partial charge in [0.15, 0.2) is 21.4 Å². The van der Waals surface area contributed by atoms with Crippen molar-refractivity contribution in [1.82, 2.24) is 14.8 Å². The zero-order valence-corrected chi connectivity index (χ0v) is 17.5. The fourth-order valence-electron chi connectivity index (χ4n) is 2.77. The van der Waals surface area contributed by atoms with E-state index in [-0.39, 0.29) is 17.4 Å². The van der Waals surface area contributed by atoms with Crippen LogP contribution < -0.4 is 0 Å². The maximum Gasteiger partial charge on any atom is 0.200 e. The van der Waals surface area contributed by atoms with E-state index in [0.29, 0.717) is 33.5 Å². The van der Waals surface area contributed by atoms with Gasteiger partial charge in [0, 0.05) is 5.56 Å². The van der Waals surface area contributed by atoms with Gasteiger partial charge >= 0.3 is 0 Å². The monoisotopic (exact) mass is 471 g/mol. The van der Waals surface area contributed by atoms with Gasteiger partial charge in [0.25, 0.3) is 0 Å². The van der Waals surface area contributed by atoms with Crippen LogP contribution in [0.15, 0.2) is 81.0 Å². The Morgan fingerprint density at radius 3 is 2.48 bits per heavy atom. The number of ketones is 1. The van der Waals surface area contributed by atoms with Gasteiger partial charge in [-0.3, -0.25) is 9.36 Å². The number of thioether (sulfide) groups is 1. The Hall–Kier alpha value is -2.71. The van der Waals surface area contributed by atoms with Gasteiger partial charge in [-0.05, 0) is 57.9 Å². The quantitative estimate of drug-likeness (QED) is 0.264. The minimum atomic E-state index is -0.369. The summed E-state index contributed by atoms with van der Waals surface area (Å²) in [5.41, 5.74) is 1.54. The van der Waals surface area contributed by atoms with E-state index < -0.39 is 0 Å². The number of furan rings is 1. The molecule has 0 fully saturated rings. The van der Waals surface area contributed by atoms with Crippen molar-refractivity contribution in [3.05, 3.63) is 88.3 Å². The molecule has 0 spiro atoms. The second kappa shape index (κ2) is 8.75. The van der Waals surface area contributed by atoms with Gasteiger partial charge in [-0.1, -0.05) is 42.1 Å². The number of hydrogen-bond acceptors (Lipinski definition) is 5. The Balaban J connectivity index is 1.59. The van der Waals surface area contributed by atoms with Gasteiger partial charge in [0.1, 0.15) is 5.82 Å². The highest BCUT2D eigenvalue weighted by atomic mass is 79.9. The molecule has 0 saturated heterocycles. The standard InChI is InChI=1S/C21H15BrFN3O2S/c22-19-11-10-18(28-19)20-24-25-21(26(20)12-14-4-2-1-3-5-14)29-13-17(27)15-6-8-16(23)9-7-15/h1-11H,12-13H2.